The molecular weight excluding hydrogens is 422 g/mol. The number of rotatable bonds is 7. The molecule has 2 amide bonds. The first-order valence-corrected chi connectivity index (χ1v) is 10.6. The normalized spacial score (nSPS) is 11.0. The number of hydrogen-bond donors (Lipinski definition) is 2. The summed E-state index contributed by atoms with van der Waals surface area (Å²) in [7, 11) is 0. The number of hydrogen-bond acceptors (Lipinski definition) is 5. The Morgan fingerprint density at radius 1 is 1.03 bits per heavy atom. The average Bonchev–Trinajstić information content (AvgIpc) is 3.40. The van der Waals surface area contributed by atoms with E-state index in [9.17, 15) is 14.4 Å². The first-order chi connectivity index (χ1) is 15.8. The number of amides is 2. The number of nitrogens with zero attached hydrogens (tertiary/aromatic N) is 3. The van der Waals surface area contributed by atoms with E-state index >= 15 is 0 Å². The molecule has 0 atom stereocenters. The number of carbonyl (C=O) groups excluding carboxylic acids is 2. The minimum atomic E-state index is -0.441. The Morgan fingerprint density at radius 3 is 2.48 bits per heavy atom. The van der Waals surface area contributed by atoms with Gasteiger partial charge in [-0.3, -0.25) is 18.8 Å². The Labute approximate surface area is 190 Å². The van der Waals surface area contributed by atoms with Crippen molar-refractivity contribution in [3.63, 3.8) is 0 Å². The third-order valence-corrected chi connectivity index (χ3v) is 5.57. The van der Waals surface area contributed by atoms with Gasteiger partial charge < -0.3 is 15.1 Å². The van der Waals surface area contributed by atoms with Crippen LogP contribution in [0.3, 0.4) is 0 Å². The summed E-state index contributed by atoms with van der Waals surface area (Å²) in [6.45, 7) is 5.86. The summed E-state index contributed by atoms with van der Waals surface area (Å²) in [6, 6.07) is 11.4. The second-order valence-corrected chi connectivity index (χ2v) is 7.92. The molecule has 3 heterocycles. The third-order valence-electron chi connectivity index (χ3n) is 5.57. The largest absolute Gasteiger partial charge is 0.467 e. The molecule has 4 aromatic rings. The summed E-state index contributed by atoms with van der Waals surface area (Å²) >= 11 is 0. The smallest absolute Gasteiger partial charge is 0.291 e. The van der Waals surface area contributed by atoms with E-state index < -0.39 is 5.56 Å². The van der Waals surface area contributed by atoms with Crippen LogP contribution in [0.25, 0.3) is 5.52 Å². The van der Waals surface area contributed by atoms with Crippen LogP contribution < -0.4 is 16.2 Å². The highest BCUT2D eigenvalue weighted by Crippen LogP contribution is 2.20. The third kappa shape index (κ3) is 4.57. The molecule has 0 saturated heterocycles. The van der Waals surface area contributed by atoms with Gasteiger partial charge in [0.15, 0.2) is 0 Å². The Balaban J connectivity index is 1.53. The lowest BCUT2D eigenvalue weighted by Gasteiger charge is -2.07. The lowest BCUT2D eigenvalue weighted by molar-refractivity contribution is -0.122. The number of aryl methyl sites for hydroxylation is 3. The van der Waals surface area contributed by atoms with E-state index in [0.29, 0.717) is 34.6 Å². The standard InChI is InChI=1S/C24H25N5O4/c1-15-6-8-18(9-7-15)11-26-23(31)21-16(2)22-24(32)29(27-14-28(22)17(21)3)13-20(30)25-12-19-5-4-10-33-19/h4-10,14H,11-13H2,1-3H3,(H,25,30)(H,26,31). The van der Waals surface area contributed by atoms with Crippen molar-refractivity contribution in [3.05, 3.63) is 93.1 Å². The van der Waals surface area contributed by atoms with Crippen LogP contribution in [0.5, 0.6) is 0 Å². The number of furan rings is 1. The molecule has 0 radical (unpaired) electrons. The molecule has 0 aliphatic rings. The molecule has 0 aliphatic carbocycles. The van der Waals surface area contributed by atoms with Crippen LogP contribution >= 0.6 is 0 Å². The zero-order chi connectivity index (χ0) is 23.5. The van der Waals surface area contributed by atoms with Crippen LogP contribution in [0, 0.1) is 20.8 Å². The molecule has 0 unspecified atom stereocenters. The van der Waals surface area contributed by atoms with E-state index in [4.69, 9.17) is 4.42 Å². The van der Waals surface area contributed by atoms with E-state index in [0.717, 1.165) is 15.8 Å². The van der Waals surface area contributed by atoms with Crippen LogP contribution in [0.2, 0.25) is 0 Å². The fourth-order valence-electron chi connectivity index (χ4n) is 3.77. The van der Waals surface area contributed by atoms with Gasteiger partial charge in [-0.25, -0.2) is 4.68 Å². The molecule has 0 aliphatic heterocycles. The molecule has 0 spiro atoms. The van der Waals surface area contributed by atoms with Crippen LogP contribution in [0.1, 0.15) is 38.5 Å². The van der Waals surface area contributed by atoms with E-state index in [1.165, 1.54) is 12.6 Å². The Bertz CT molecular complexity index is 1360. The lowest BCUT2D eigenvalue weighted by Crippen LogP contribution is -2.34. The highest BCUT2D eigenvalue weighted by Gasteiger charge is 2.22. The Kier molecular flexibility index (Phi) is 6.12. The van der Waals surface area contributed by atoms with Crippen LogP contribution in [0.4, 0.5) is 0 Å². The van der Waals surface area contributed by atoms with Gasteiger partial charge in [-0.05, 0) is 44.0 Å². The first-order valence-electron chi connectivity index (χ1n) is 10.6. The average molecular weight is 447 g/mol. The van der Waals surface area contributed by atoms with Gasteiger partial charge in [0.2, 0.25) is 5.91 Å². The molecule has 0 fully saturated rings. The van der Waals surface area contributed by atoms with Gasteiger partial charge in [0.25, 0.3) is 11.5 Å². The zero-order valence-corrected chi connectivity index (χ0v) is 18.7. The maximum absolute atomic E-state index is 13.1. The number of nitrogens with one attached hydrogen (secondary N) is 2. The fraction of sp³-hybridized carbons (Fsp3) is 0.250. The summed E-state index contributed by atoms with van der Waals surface area (Å²) in [4.78, 5) is 38.3. The van der Waals surface area contributed by atoms with Gasteiger partial charge in [0.1, 0.15) is 24.1 Å². The quantitative estimate of drug-likeness (QED) is 0.452. The van der Waals surface area contributed by atoms with Crippen molar-refractivity contribution in [3.8, 4) is 0 Å². The van der Waals surface area contributed by atoms with Crippen molar-refractivity contribution >= 4 is 17.3 Å². The number of benzene rings is 1. The molecule has 0 bridgehead atoms. The zero-order valence-electron chi connectivity index (χ0n) is 18.7. The number of fused-ring (bicyclic) bond motifs is 1. The van der Waals surface area contributed by atoms with Gasteiger partial charge in [-0.2, -0.15) is 5.10 Å². The fourth-order valence-corrected chi connectivity index (χ4v) is 3.77. The van der Waals surface area contributed by atoms with E-state index in [1.807, 2.05) is 31.2 Å². The predicted molar refractivity (Wildman–Crippen MR) is 122 cm³/mol. The van der Waals surface area contributed by atoms with Gasteiger partial charge in [-0.1, -0.05) is 29.8 Å². The molecule has 3 aromatic heterocycles. The molecule has 33 heavy (non-hydrogen) atoms. The van der Waals surface area contributed by atoms with Crippen molar-refractivity contribution in [1.82, 2.24) is 24.8 Å². The Morgan fingerprint density at radius 2 is 1.79 bits per heavy atom. The van der Waals surface area contributed by atoms with E-state index in [2.05, 4.69) is 15.7 Å². The highest BCUT2D eigenvalue weighted by molar-refractivity contribution is 5.99. The topological polar surface area (TPSA) is 111 Å². The molecule has 4 rings (SSSR count). The summed E-state index contributed by atoms with van der Waals surface area (Å²) in [5.41, 5.74) is 3.60. The second-order valence-electron chi connectivity index (χ2n) is 7.92. The summed E-state index contributed by atoms with van der Waals surface area (Å²) in [5.74, 6) is -0.0304. The Hall–Kier alpha value is -4.14. The van der Waals surface area contributed by atoms with Crippen molar-refractivity contribution in [2.75, 3.05) is 0 Å². The minimum absolute atomic E-state index is 0.220. The SMILES string of the molecule is Cc1ccc(CNC(=O)c2c(C)c3c(=O)n(CC(=O)NCc4ccco4)ncn3c2C)cc1. The summed E-state index contributed by atoms with van der Waals surface area (Å²) in [5, 5.41) is 9.73. The maximum atomic E-state index is 13.1. The van der Waals surface area contributed by atoms with Crippen molar-refractivity contribution in [2.24, 2.45) is 0 Å². The molecule has 9 nitrogen and oxygen atoms in total. The van der Waals surface area contributed by atoms with Gasteiger partial charge in [0.05, 0.1) is 18.4 Å². The van der Waals surface area contributed by atoms with E-state index in [1.54, 1.807) is 30.4 Å². The molecule has 2 N–H and O–H groups in total. The van der Waals surface area contributed by atoms with Gasteiger partial charge in [-0.15, -0.1) is 0 Å². The molecule has 1 aromatic carbocycles. The lowest BCUT2D eigenvalue weighted by atomic mass is 10.1. The minimum Gasteiger partial charge on any atom is -0.467 e. The van der Waals surface area contributed by atoms with Gasteiger partial charge >= 0.3 is 0 Å². The summed E-state index contributed by atoms with van der Waals surface area (Å²) in [6.07, 6.45) is 2.98. The van der Waals surface area contributed by atoms with Gasteiger partial charge in [0, 0.05) is 12.2 Å². The highest BCUT2D eigenvalue weighted by atomic mass is 16.3. The molecular formula is C24H25N5O4. The van der Waals surface area contributed by atoms with Crippen LogP contribution in [-0.2, 0) is 24.4 Å². The molecule has 0 saturated carbocycles. The second kappa shape index (κ2) is 9.15. The first kappa shape index (κ1) is 22.1. The van der Waals surface area contributed by atoms with Crippen molar-refractivity contribution < 1.29 is 14.0 Å². The van der Waals surface area contributed by atoms with E-state index in [-0.39, 0.29) is 24.9 Å². The summed E-state index contributed by atoms with van der Waals surface area (Å²) < 4.78 is 7.87. The predicted octanol–water partition coefficient (Wildman–Crippen LogP) is 2.26. The number of carbonyl (C=O) groups is 2. The molecule has 9 heteroatoms. The monoisotopic (exact) mass is 447 g/mol. The number of aromatic nitrogens is 3. The maximum Gasteiger partial charge on any atom is 0.291 e. The van der Waals surface area contributed by atoms with Crippen molar-refractivity contribution in [1.29, 1.82) is 0 Å². The van der Waals surface area contributed by atoms with Crippen LogP contribution in [0.15, 0.2) is 58.2 Å². The van der Waals surface area contributed by atoms with Crippen LogP contribution in [-0.4, -0.2) is 26.0 Å². The van der Waals surface area contributed by atoms with Crippen molar-refractivity contribution in [2.45, 2.75) is 40.4 Å². The molecule has 170 valence electrons.